The van der Waals surface area contributed by atoms with Crippen LogP contribution < -0.4 is 22.9 Å². The SMILES string of the molecule is Cl.Cl.Nc1ccc(N)c(-c2cccs2)c1.Nc1cnn(CCO)c1N.O=S(=O)(O)O. The highest BCUT2D eigenvalue weighted by Crippen LogP contribution is 2.31. The van der Waals surface area contributed by atoms with E-state index in [1.807, 2.05) is 35.7 Å². The normalized spacial score (nSPS) is 9.70. The highest BCUT2D eigenvalue weighted by Gasteiger charge is 2.03. The van der Waals surface area contributed by atoms with Gasteiger partial charge in [-0.2, -0.15) is 13.5 Å². The summed E-state index contributed by atoms with van der Waals surface area (Å²) in [6, 6.07) is 9.59. The molecule has 0 saturated heterocycles. The Hall–Kier alpha value is -2.26. The number of rotatable bonds is 3. The number of nitrogens with two attached hydrogens (primary N) is 4. The standard InChI is InChI=1S/C10H10N2S.C5H10N4O.2ClH.H2O4S/c11-7-3-4-9(12)8(6-7)10-2-1-5-13-10;6-4-3-8-9(1-2-10)5(4)7;;;1-5(2,3)4/h1-6H,11-12H2;3,10H,1-2,6-7H2;2*1H;(H2,1,2,3,4). The predicted octanol–water partition coefficient (Wildman–Crippen LogP) is 1.81. The van der Waals surface area contributed by atoms with Crippen molar-refractivity contribution >= 4 is 69.4 Å². The number of anilines is 4. The van der Waals surface area contributed by atoms with Crippen LogP contribution in [0.15, 0.2) is 41.9 Å². The van der Waals surface area contributed by atoms with Crippen molar-refractivity contribution in [1.29, 1.82) is 0 Å². The van der Waals surface area contributed by atoms with E-state index in [9.17, 15) is 0 Å². The number of thiophene rings is 1. The highest BCUT2D eigenvalue weighted by molar-refractivity contribution is 7.79. The van der Waals surface area contributed by atoms with Crippen molar-refractivity contribution in [3.8, 4) is 10.4 Å². The minimum absolute atomic E-state index is 0. The Morgan fingerprint density at radius 3 is 2.07 bits per heavy atom. The minimum Gasteiger partial charge on any atom is -0.399 e. The quantitative estimate of drug-likeness (QED) is 0.203. The van der Waals surface area contributed by atoms with Gasteiger partial charge in [0, 0.05) is 21.8 Å². The third-order valence-electron chi connectivity index (χ3n) is 3.09. The number of nitrogens with zero attached hydrogens (tertiary/aromatic N) is 2. The van der Waals surface area contributed by atoms with Gasteiger partial charge in [-0.05, 0) is 29.6 Å². The molecular weight excluding hydrogens is 479 g/mol. The van der Waals surface area contributed by atoms with Crippen molar-refractivity contribution in [1.82, 2.24) is 9.78 Å². The molecule has 0 fully saturated rings. The molecule has 3 rings (SSSR count). The number of aliphatic hydroxyl groups excluding tert-OH is 1. The van der Waals surface area contributed by atoms with Gasteiger partial charge in [-0.15, -0.1) is 36.2 Å². The van der Waals surface area contributed by atoms with Gasteiger partial charge in [0.1, 0.15) is 5.82 Å². The fourth-order valence-corrected chi connectivity index (χ4v) is 2.67. The van der Waals surface area contributed by atoms with E-state index in [4.69, 9.17) is 45.6 Å². The number of hydrogen-bond donors (Lipinski definition) is 7. The van der Waals surface area contributed by atoms with Crippen molar-refractivity contribution in [3.05, 3.63) is 41.9 Å². The molecule has 0 aliphatic carbocycles. The average molecular weight is 503 g/mol. The molecule has 0 aliphatic heterocycles. The van der Waals surface area contributed by atoms with Crippen LogP contribution in [0.25, 0.3) is 10.4 Å². The molecule has 0 aliphatic rings. The van der Waals surface area contributed by atoms with E-state index >= 15 is 0 Å². The lowest BCUT2D eigenvalue weighted by molar-refractivity contribution is 0.270. The Morgan fingerprint density at radius 2 is 1.63 bits per heavy atom. The highest BCUT2D eigenvalue weighted by atomic mass is 35.5. The van der Waals surface area contributed by atoms with Gasteiger partial charge in [-0.3, -0.25) is 9.11 Å². The summed E-state index contributed by atoms with van der Waals surface area (Å²) in [5.41, 5.74) is 25.3. The third-order valence-corrected chi connectivity index (χ3v) is 3.99. The first-order chi connectivity index (χ1) is 13.0. The monoisotopic (exact) mass is 502 g/mol. The van der Waals surface area contributed by atoms with Gasteiger partial charge in [0.2, 0.25) is 0 Å². The van der Waals surface area contributed by atoms with Gasteiger partial charge in [-0.1, -0.05) is 6.07 Å². The maximum Gasteiger partial charge on any atom is 0.394 e. The van der Waals surface area contributed by atoms with E-state index in [-0.39, 0.29) is 31.4 Å². The van der Waals surface area contributed by atoms with Crippen LogP contribution in [0.3, 0.4) is 0 Å². The molecule has 170 valence electrons. The molecule has 0 atom stereocenters. The summed E-state index contributed by atoms with van der Waals surface area (Å²) in [4.78, 5) is 1.16. The summed E-state index contributed by atoms with van der Waals surface area (Å²) in [5.74, 6) is 0.411. The van der Waals surface area contributed by atoms with Crippen LogP contribution in [0.5, 0.6) is 0 Å². The third kappa shape index (κ3) is 11.1. The molecular formula is C15H24Cl2N6O5S2. The molecule has 0 bridgehead atoms. The second-order valence-corrected chi connectivity index (χ2v) is 7.05. The lowest BCUT2D eigenvalue weighted by atomic mass is 10.1. The zero-order chi connectivity index (χ0) is 21.3. The molecule has 0 spiro atoms. The van der Waals surface area contributed by atoms with Crippen molar-refractivity contribution in [2.45, 2.75) is 6.54 Å². The van der Waals surface area contributed by atoms with E-state index in [2.05, 4.69) is 5.10 Å². The predicted molar refractivity (Wildman–Crippen MR) is 125 cm³/mol. The zero-order valence-electron chi connectivity index (χ0n) is 15.5. The van der Waals surface area contributed by atoms with Crippen LogP contribution in [0, 0.1) is 0 Å². The Morgan fingerprint density at radius 1 is 1.03 bits per heavy atom. The number of aromatic nitrogens is 2. The molecule has 3 aromatic rings. The number of halogens is 2. The zero-order valence-corrected chi connectivity index (χ0v) is 18.7. The molecule has 15 heteroatoms. The van der Waals surface area contributed by atoms with Crippen LogP contribution in [0.4, 0.5) is 22.9 Å². The number of nitrogen functional groups attached to an aromatic ring is 4. The summed E-state index contributed by atoms with van der Waals surface area (Å²) < 4.78 is 33.0. The van der Waals surface area contributed by atoms with Crippen LogP contribution in [-0.2, 0) is 16.9 Å². The first-order valence-electron chi connectivity index (χ1n) is 7.59. The second kappa shape index (κ2) is 13.9. The fraction of sp³-hybridized carbons (Fsp3) is 0.133. The smallest absolute Gasteiger partial charge is 0.394 e. The maximum atomic E-state index is 8.74. The molecule has 11 nitrogen and oxygen atoms in total. The molecule has 0 amide bonds. The Bertz CT molecular complexity index is 976. The first-order valence-corrected chi connectivity index (χ1v) is 9.87. The second-order valence-electron chi connectivity index (χ2n) is 5.20. The molecule has 2 heterocycles. The fourth-order valence-electron chi connectivity index (χ4n) is 1.90. The Balaban J connectivity index is 0. The molecule has 30 heavy (non-hydrogen) atoms. The summed E-state index contributed by atoms with van der Waals surface area (Å²) in [7, 11) is -4.67. The lowest BCUT2D eigenvalue weighted by Gasteiger charge is -2.03. The summed E-state index contributed by atoms with van der Waals surface area (Å²) in [5, 5.41) is 14.3. The minimum atomic E-state index is -4.67. The van der Waals surface area contributed by atoms with E-state index in [1.54, 1.807) is 11.3 Å². The molecule has 1 aromatic carbocycles. The molecule has 0 unspecified atom stereocenters. The number of aliphatic hydroxyl groups is 1. The molecule has 11 N–H and O–H groups in total. The van der Waals surface area contributed by atoms with E-state index in [0.29, 0.717) is 18.1 Å². The van der Waals surface area contributed by atoms with Crippen LogP contribution in [0.1, 0.15) is 0 Å². The van der Waals surface area contributed by atoms with E-state index in [1.165, 1.54) is 10.9 Å². The van der Waals surface area contributed by atoms with Crippen LogP contribution in [0.2, 0.25) is 0 Å². The number of hydrogen-bond acceptors (Lipinski definition) is 9. The molecule has 0 radical (unpaired) electrons. The molecule has 0 saturated carbocycles. The first kappa shape index (κ1) is 29.9. The van der Waals surface area contributed by atoms with Gasteiger partial charge in [0.25, 0.3) is 0 Å². The number of benzene rings is 1. The van der Waals surface area contributed by atoms with Crippen molar-refractivity contribution in [3.63, 3.8) is 0 Å². The van der Waals surface area contributed by atoms with E-state index in [0.717, 1.165) is 21.8 Å². The topological polar surface area (TPSA) is 217 Å². The van der Waals surface area contributed by atoms with E-state index < -0.39 is 10.4 Å². The van der Waals surface area contributed by atoms with Crippen molar-refractivity contribution in [2.24, 2.45) is 0 Å². The van der Waals surface area contributed by atoms with Gasteiger partial charge >= 0.3 is 10.4 Å². The van der Waals surface area contributed by atoms with Crippen molar-refractivity contribution in [2.75, 3.05) is 29.5 Å². The Labute approximate surface area is 190 Å². The summed E-state index contributed by atoms with van der Waals surface area (Å²) in [6.45, 7) is 0.411. The van der Waals surface area contributed by atoms with Crippen LogP contribution in [-0.4, -0.2) is 39.0 Å². The summed E-state index contributed by atoms with van der Waals surface area (Å²) in [6.07, 6.45) is 1.46. The largest absolute Gasteiger partial charge is 0.399 e. The average Bonchev–Trinajstić information content (AvgIpc) is 3.22. The van der Waals surface area contributed by atoms with Crippen molar-refractivity contribution < 1.29 is 22.6 Å². The van der Waals surface area contributed by atoms with Gasteiger partial charge in [-0.25, -0.2) is 4.68 Å². The maximum absolute atomic E-state index is 8.74. The summed E-state index contributed by atoms with van der Waals surface area (Å²) >= 11 is 1.66. The lowest BCUT2D eigenvalue weighted by Crippen LogP contribution is -2.07. The van der Waals surface area contributed by atoms with Gasteiger partial charge < -0.3 is 28.0 Å². The van der Waals surface area contributed by atoms with Crippen LogP contribution >= 0.6 is 36.2 Å². The molecule has 2 aromatic heterocycles. The van der Waals surface area contributed by atoms with Gasteiger partial charge in [0.15, 0.2) is 0 Å². The Kier molecular flexibility index (Phi) is 13.8. The van der Waals surface area contributed by atoms with Gasteiger partial charge in [0.05, 0.1) is 25.0 Å².